The van der Waals surface area contributed by atoms with Crippen LogP contribution >= 0.6 is 63.7 Å². The van der Waals surface area contributed by atoms with Crippen LogP contribution in [0.4, 0.5) is 0 Å². The Morgan fingerprint density at radius 2 is 1.57 bits per heavy atom. The molecule has 0 aromatic rings. The minimum absolute atomic E-state index is 0.832. The van der Waals surface area contributed by atoms with Gasteiger partial charge in [0.25, 0.3) is 0 Å². The average molecular weight is 358 g/mol. The summed E-state index contributed by atoms with van der Waals surface area (Å²) in [6.07, 6.45) is 0. The highest BCUT2D eigenvalue weighted by Gasteiger charge is 1.90. The number of halogens is 4. The first-order valence-electron chi connectivity index (χ1n) is 1.44. The first-order chi connectivity index (χ1) is 3.18. The highest BCUT2D eigenvalue weighted by molar-refractivity contribution is 9.29. The summed E-state index contributed by atoms with van der Waals surface area (Å²) in [6, 6.07) is 0. The molecular weight excluding hydrogens is 356 g/mol. The Hall–Kier alpha value is 1.66. The van der Waals surface area contributed by atoms with Crippen molar-refractivity contribution in [2.45, 2.75) is 0 Å². The van der Waals surface area contributed by atoms with E-state index in [1.165, 1.54) is 0 Å². The quantitative estimate of drug-likeness (QED) is 0.627. The van der Waals surface area contributed by atoms with Crippen molar-refractivity contribution in [3.8, 4) is 0 Å². The topological polar surface area (TPSA) is 0 Å². The van der Waals surface area contributed by atoms with Crippen LogP contribution in [0.25, 0.3) is 0 Å². The van der Waals surface area contributed by atoms with Crippen LogP contribution in [0.1, 0.15) is 0 Å². The Bertz CT molecular complexity index is 80.9. The molecule has 0 heterocycles. The van der Waals surface area contributed by atoms with E-state index in [1.807, 2.05) is 0 Å². The molecule has 0 radical (unpaired) electrons. The molecule has 0 aliphatic carbocycles. The number of allylic oxidation sites excluding steroid dienone is 1. The molecule has 4 heteroatoms. The summed E-state index contributed by atoms with van der Waals surface area (Å²) in [5, 5.41) is 0.832. The Kier molecular flexibility index (Phi) is 5.60. The first kappa shape index (κ1) is 8.66. The third-order valence-corrected chi connectivity index (χ3v) is 4.33. The molecule has 0 aliphatic rings. The zero-order chi connectivity index (χ0) is 5.86. The van der Waals surface area contributed by atoms with E-state index in [0.29, 0.717) is 0 Å². The molecular formula is C3H2Br4. The van der Waals surface area contributed by atoms with Crippen LogP contribution < -0.4 is 0 Å². The van der Waals surface area contributed by atoms with Gasteiger partial charge in [-0.3, -0.25) is 0 Å². The predicted octanol–water partition coefficient (Wildman–Crippen LogP) is 3.74. The van der Waals surface area contributed by atoms with Gasteiger partial charge in [-0.05, 0) is 31.9 Å². The SMILES string of the molecule is BrCC(Br)=C(Br)Br. The van der Waals surface area contributed by atoms with Gasteiger partial charge in [0, 0.05) is 9.81 Å². The second kappa shape index (κ2) is 4.53. The van der Waals surface area contributed by atoms with Crippen LogP contribution in [-0.4, -0.2) is 5.33 Å². The molecule has 42 valence electrons. The van der Waals surface area contributed by atoms with Crippen LogP contribution in [0, 0.1) is 0 Å². The summed E-state index contributed by atoms with van der Waals surface area (Å²) >= 11 is 13.0. The van der Waals surface area contributed by atoms with Gasteiger partial charge in [-0.25, -0.2) is 0 Å². The lowest BCUT2D eigenvalue weighted by Crippen LogP contribution is -1.67. The van der Waals surface area contributed by atoms with Crippen molar-refractivity contribution < 1.29 is 0 Å². The third-order valence-electron chi connectivity index (χ3n) is 0.322. The van der Waals surface area contributed by atoms with E-state index in [2.05, 4.69) is 63.7 Å². The molecule has 0 fully saturated rings. The molecule has 0 aromatic carbocycles. The van der Waals surface area contributed by atoms with Crippen molar-refractivity contribution in [2.75, 3.05) is 5.33 Å². The minimum Gasteiger partial charge on any atom is -0.0870 e. The van der Waals surface area contributed by atoms with Crippen molar-refractivity contribution in [1.29, 1.82) is 0 Å². The van der Waals surface area contributed by atoms with Crippen LogP contribution in [0.15, 0.2) is 7.87 Å². The summed E-state index contributed by atoms with van der Waals surface area (Å²) in [4.78, 5) is 0. The lowest BCUT2D eigenvalue weighted by molar-refractivity contribution is 1.80. The number of hydrogen-bond acceptors (Lipinski definition) is 0. The minimum atomic E-state index is 0.832. The van der Waals surface area contributed by atoms with Gasteiger partial charge in [-0.2, -0.15) is 0 Å². The maximum Gasteiger partial charge on any atom is 0.0713 e. The van der Waals surface area contributed by atoms with E-state index in [-0.39, 0.29) is 0 Å². The Labute approximate surface area is 76.2 Å². The van der Waals surface area contributed by atoms with Gasteiger partial charge in [-0.15, -0.1) is 0 Å². The molecule has 0 rings (SSSR count). The van der Waals surface area contributed by atoms with E-state index in [9.17, 15) is 0 Å². The molecule has 0 bridgehead atoms. The Morgan fingerprint density at radius 3 is 1.57 bits per heavy atom. The van der Waals surface area contributed by atoms with Crippen molar-refractivity contribution in [3.05, 3.63) is 7.87 Å². The number of rotatable bonds is 1. The van der Waals surface area contributed by atoms with Crippen molar-refractivity contribution in [1.82, 2.24) is 0 Å². The molecule has 7 heavy (non-hydrogen) atoms. The summed E-state index contributed by atoms with van der Waals surface area (Å²) in [5.41, 5.74) is 0. The van der Waals surface area contributed by atoms with Gasteiger partial charge < -0.3 is 0 Å². The highest BCUT2D eigenvalue weighted by atomic mass is 79.9. The monoisotopic (exact) mass is 354 g/mol. The van der Waals surface area contributed by atoms with Gasteiger partial charge in [0.05, 0.1) is 3.39 Å². The molecule has 0 nitrogen and oxygen atoms in total. The lowest BCUT2D eigenvalue weighted by Gasteiger charge is -1.86. The van der Waals surface area contributed by atoms with E-state index in [4.69, 9.17) is 0 Å². The van der Waals surface area contributed by atoms with Crippen LogP contribution in [0.5, 0.6) is 0 Å². The first-order valence-corrected chi connectivity index (χ1v) is 4.94. The molecule has 0 amide bonds. The third kappa shape index (κ3) is 4.18. The van der Waals surface area contributed by atoms with Crippen molar-refractivity contribution in [3.63, 3.8) is 0 Å². The fraction of sp³-hybridized carbons (Fsp3) is 0.333. The maximum atomic E-state index is 3.28. The molecule has 0 saturated heterocycles. The summed E-state index contributed by atoms with van der Waals surface area (Å²) in [5.74, 6) is 0. The molecule has 0 saturated carbocycles. The van der Waals surface area contributed by atoms with Gasteiger partial charge in [0.1, 0.15) is 0 Å². The van der Waals surface area contributed by atoms with E-state index >= 15 is 0 Å². The second-order valence-electron chi connectivity index (χ2n) is 0.799. The zero-order valence-electron chi connectivity index (χ0n) is 3.22. The second-order valence-corrected chi connectivity index (χ2v) is 4.97. The number of hydrogen-bond donors (Lipinski definition) is 0. The Balaban J connectivity index is 3.72. The highest BCUT2D eigenvalue weighted by Crippen LogP contribution is 2.24. The molecule has 0 aromatic heterocycles. The largest absolute Gasteiger partial charge is 0.0870 e. The fourth-order valence-corrected chi connectivity index (χ4v) is 1.36. The average Bonchev–Trinajstić information content (AvgIpc) is 1.65. The summed E-state index contributed by atoms with van der Waals surface area (Å²) in [7, 11) is 0. The molecule has 0 aliphatic heterocycles. The van der Waals surface area contributed by atoms with Crippen LogP contribution in [-0.2, 0) is 0 Å². The van der Waals surface area contributed by atoms with E-state index in [1.54, 1.807) is 0 Å². The van der Waals surface area contributed by atoms with Gasteiger partial charge in [-0.1, -0.05) is 31.9 Å². The van der Waals surface area contributed by atoms with Gasteiger partial charge >= 0.3 is 0 Å². The normalized spacial score (nSPS) is 8.57. The standard InChI is InChI=1S/C3H2Br4/c4-1-2(5)3(6)7/h1H2. The van der Waals surface area contributed by atoms with E-state index < -0.39 is 0 Å². The lowest BCUT2D eigenvalue weighted by atomic mass is 10.8. The summed E-state index contributed by atoms with van der Waals surface area (Å²) < 4.78 is 2.03. The molecule has 0 spiro atoms. The summed E-state index contributed by atoms with van der Waals surface area (Å²) in [6.45, 7) is 0. The molecule has 0 unspecified atom stereocenters. The Morgan fingerprint density at radius 1 is 1.14 bits per heavy atom. The van der Waals surface area contributed by atoms with Crippen LogP contribution in [0.3, 0.4) is 0 Å². The van der Waals surface area contributed by atoms with Gasteiger partial charge in [0.15, 0.2) is 0 Å². The predicted molar refractivity (Wildman–Crippen MR) is 47.6 cm³/mol. The maximum absolute atomic E-state index is 3.28. The number of alkyl halides is 1. The van der Waals surface area contributed by atoms with E-state index in [0.717, 1.165) is 13.2 Å². The molecule has 0 N–H and O–H groups in total. The smallest absolute Gasteiger partial charge is 0.0713 e. The zero-order valence-corrected chi connectivity index (χ0v) is 9.56. The molecule has 0 atom stereocenters. The van der Waals surface area contributed by atoms with Gasteiger partial charge in [0.2, 0.25) is 0 Å². The van der Waals surface area contributed by atoms with Crippen molar-refractivity contribution in [2.24, 2.45) is 0 Å². The van der Waals surface area contributed by atoms with Crippen molar-refractivity contribution >= 4 is 63.7 Å². The van der Waals surface area contributed by atoms with Crippen LogP contribution in [0.2, 0.25) is 0 Å². The fourth-order valence-electron chi connectivity index (χ4n) is 0.0505.